The molecule has 0 saturated carbocycles. The van der Waals surface area contributed by atoms with E-state index in [2.05, 4.69) is 4.98 Å². The topological polar surface area (TPSA) is 53.4 Å². The van der Waals surface area contributed by atoms with E-state index in [1.165, 1.54) is 12.1 Å². The van der Waals surface area contributed by atoms with Crippen LogP contribution in [0.15, 0.2) is 48.8 Å². The molecular weight excluding hydrogens is 283 g/mol. The van der Waals surface area contributed by atoms with Crippen molar-refractivity contribution in [3.05, 3.63) is 65.7 Å². The number of rotatable bonds is 3. The lowest BCUT2D eigenvalue weighted by Gasteiger charge is -2.25. The molecular formula is C17H17FN2O2. The summed E-state index contributed by atoms with van der Waals surface area (Å²) in [7, 11) is 0. The van der Waals surface area contributed by atoms with Gasteiger partial charge in [0.05, 0.1) is 18.6 Å². The summed E-state index contributed by atoms with van der Waals surface area (Å²) >= 11 is 0. The second-order valence-corrected chi connectivity index (χ2v) is 5.54. The first-order valence-electron chi connectivity index (χ1n) is 7.25. The Kier molecular flexibility index (Phi) is 4.15. The van der Waals surface area contributed by atoms with Gasteiger partial charge in [-0.15, -0.1) is 0 Å². The van der Waals surface area contributed by atoms with Gasteiger partial charge in [0.1, 0.15) is 5.82 Å². The molecule has 0 radical (unpaired) electrons. The molecule has 114 valence electrons. The molecule has 5 heteroatoms. The summed E-state index contributed by atoms with van der Waals surface area (Å²) in [5, 5.41) is 9.92. The summed E-state index contributed by atoms with van der Waals surface area (Å²) in [6, 6.07) is 9.55. The Morgan fingerprint density at radius 3 is 2.95 bits per heavy atom. The lowest BCUT2D eigenvalue weighted by molar-refractivity contribution is -0.131. The average Bonchev–Trinajstić information content (AvgIpc) is 2.90. The molecule has 0 aliphatic carbocycles. The minimum atomic E-state index is -0.578. The Balaban J connectivity index is 1.80. The quantitative estimate of drug-likeness (QED) is 0.944. The van der Waals surface area contributed by atoms with Crippen LogP contribution in [0.5, 0.6) is 0 Å². The number of halogens is 1. The van der Waals surface area contributed by atoms with E-state index < -0.39 is 6.10 Å². The van der Waals surface area contributed by atoms with Crippen LogP contribution in [0.1, 0.15) is 23.6 Å². The molecule has 0 spiro atoms. The van der Waals surface area contributed by atoms with Gasteiger partial charge in [0.25, 0.3) is 0 Å². The molecule has 1 N–H and O–H groups in total. The molecule has 0 bridgehead atoms. The van der Waals surface area contributed by atoms with Crippen LogP contribution in [-0.4, -0.2) is 33.5 Å². The van der Waals surface area contributed by atoms with Crippen LogP contribution in [0.2, 0.25) is 0 Å². The van der Waals surface area contributed by atoms with Gasteiger partial charge in [-0.25, -0.2) is 4.39 Å². The molecule has 2 atom stereocenters. The van der Waals surface area contributed by atoms with E-state index in [0.717, 1.165) is 11.1 Å². The third-order valence-corrected chi connectivity index (χ3v) is 3.91. The molecule has 1 aromatic heterocycles. The molecule has 22 heavy (non-hydrogen) atoms. The van der Waals surface area contributed by atoms with E-state index in [9.17, 15) is 14.3 Å². The predicted octanol–water partition coefficient (Wildman–Crippen LogP) is 2.10. The van der Waals surface area contributed by atoms with Crippen molar-refractivity contribution in [2.45, 2.75) is 25.0 Å². The second-order valence-electron chi connectivity index (χ2n) is 5.54. The van der Waals surface area contributed by atoms with E-state index in [-0.39, 0.29) is 30.7 Å². The van der Waals surface area contributed by atoms with Gasteiger partial charge in [0.2, 0.25) is 5.91 Å². The highest BCUT2D eigenvalue weighted by molar-refractivity contribution is 5.79. The smallest absolute Gasteiger partial charge is 0.227 e. The lowest BCUT2D eigenvalue weighted by Crippen LogP contribution is -2.33. The molecule has 2 aromatic rings. The minimum Gasteiger partial charge on any atom is -0.391 e. The Bertz CT molecular complexity index is 663. The van der Waals surface area contributed by atoms with Crippen molar-refractivity contribution in [3.8, 4) is 0 Å². The Hall–Kier alpha value is -2.27. The Morgan fingerprint density at radius 2 is 2.23 bits per heavy atom. The zero-order valence-electron chi connectivity index (χ0n) is 12.0. The molecule has 3 rings (SSSR count). The molecule has 1 amide bonds. The maximum atomic E-state index is 13.4. The number of hydrogen-bond donors (Lipinski definition) is 1. The van der Waals surface area contributed by atoms with Gasteiger partial charge >= 0.3 is 0 Å². The fourth-order valence-corrected chi connectivity index (χ4v) is 2.90. The van der Waals surface area contributed by atoms with Crippen LogP contribution in [-0.2, 0) is 11.2 Å². The van der Waals surface area contributed by atoms with Crippen molar-refractivity contribution in [1.82, 2.24) is 9.88 Å². The van der Waals surface area contributed by atoms with Crippen LogP contribution < -0.4 is 0 Å². The SMILES string of the molecule is O=C(Cc1cccnc1)N1C[C@@H](O)C[C@H]1c1cccc(F)c1. The van der Waals surface area contributed by atoms with E-state index in [4.69, 9.17) is 0 Å². The van der Waals surface area contributed by atoms with Crippen molar-refractivity contribution >= 4 is 5.91 Å². The molecule has 0 unspecified atom stereocenters. The van der Waals surface area contributed by atoms with Crippen molar-refractivity contribution in [1.29, 1.82) is 0 Å². The van der Waals surface area contributed by atoms with Crippen LogP contribution in [0.25, 0.3) is 0 Å². The van der Waals surface area contributed by atoms with Crippen LogP contribution in [0.4, 0.5) is 4.39 Å². The largest absolute Gasteiger partial charge is 0.391 e. The van der Waals surface area contributed by atoms with Crippen LogP contribution in [0, 0.1) is 5.82 Å². The number of aromatic nitrogens is 1. The van der Waals surface area contributed by atoms with Crippen molar-refractivity contribution < 1.29 is 14.3 Å². The average molecular weight is 300 g/mol. The summed E-state index contributed by atoms with van der Waals surface area (Å²) in [6.07, 6.45) is 3.39. The van der Waals surface area contributed by atoms with Gasteiger partial charge in [-0.05, 0) is 35.7 Å². The highest BCUT2D eigenvalue weighted by atomic mass is 19.1. The number of β-amino-alcohol motifs (C(OH)–C–C–N with tert-alkyl or cyclic N) is 1. The molecule has 1 aliphatic rings. The number of benzene rings is 1. The van der Waals surface area contributed by atoms with Gasteiger partial charge < -0.3 is 10.0 Å². The molecule has 4 nitrogen and oxygen atoms in total. The van der Waals surface area contributed by atoms with Crippen molar-refractivity contribution in [2.75, 3.05) is 6.54 Å². The summed E-state index contributed by atoms with van der Waals surface area (Å²) < 4.78 is 13.4. The Morgan fingerprint density at radius 1 is 1.36 bits per heavy atom. The Labute approximate surface area is 128 Å². The number of nitrogens with zero attached hydrogens (tertiary/aromatic N) is 2. The number of aliphatic hydroxyl groups excluding tert-OH is 1. The summed E-state index contributed by atoms with van der Waals surface area (Å²) in [5.74, 6) is -0.419. The third kappa shape index (κ3) is 3.14. The van der Waals surface area contributed by atoms with Crippen molar-refractivity contribution in [2.24, 2.45) is 0 Å². The number of carbonyl (C=O) groups excluding carboxylic acids is 1. The standard InChI is InChI=1S/C17H17FN2O2/c18-14-5-1-4-13(8-14)16-9-15(21)11-20(16)17(22)7-12-3-2-6-19-10-12/h1-6,8,10,15-16,21H,7,9,11H2/t15-,16-/m0/s1. The molecule has 1 aromatic carbocycles. The fraction of sp³-hybridized carbons (Fsp3) is 0.294. The normalized spacial score (nSPS) is 21.1. The van der Waals surface area contributed by atoms with Gasteiger partial charge in [-0.2, -0.15) is 0 Å². The summed E-state index contributed by atoms with van der Waals surface area (Å²) in [4.78, 5) is 18.2. The zero-order valence-corrected chi connectivity index (χ0v) is 12.0. The first-order chi connectivity index (χ1) is 10.6. The second kappa shape index (κ2) is 6.23. The van der Waals surface area contributed by atoms with E-state index >= 15 is 0 Å². The van der Waals surface area contributed by atoms with Gasteiger partial charge in [-0.1, -0.05) is 18.2 Å². The summed E-state index contributed by atoms with van der Waals surface area (Å²) in [6.45, 7) is 0.278. The van der Waals surface area contributed by atoms with Crippen LogP contribution in [0.3, 0.4) is 0 Å². The number of hydrogen-bond acceptors (Lipinski definition) is 3. The number of amides is 1. The fourth-order valence-electron chi connectivity index (χ4n) is 2.90. The maximum Gasteiger partial charge on any atom is 0.227 e. The molecule has 2 heterocycles. The van der Waals surface area contributed by atoms with E-state index in [1.54, 1.807) is 35.5 Å². The number of aliphatic hydroxyl groups is 1. The first kappa shape index (κ1) is 14.7. The minimum absolute atomic E-state index is 0.0844. The summed E-state index contributed by atoms with van der Waals surface area (Å²) in [5.41, 5.74) is 1.54. The maximum absolute atomic E-state index is 13.4. The molecule has 1 saturated heterocycles. The zero-order chi connectivity index (χ0) is 15.5. The van der Waals surface area contributed by atoms with E-state index in [0.29, 0.717) is 6.42 Å². The van der Waals surface area contributed by atoms with Gasteiger partial charge in [0, 0.05) is 18.9 Å². The molecule has 1 aliphatic heterocycles. The van der Waals surface area contributed by atoms with Crippen molar-refractivity contribution in [3.63, 3.8) is 0 Å². The molecule has 1 fully saturated rings. The lowest BCUT2D eigenvalue weighted by atomic mass is 10.0. The first-order valence-corrected chi connectivity index (χ1v) is 7.25. The third-order valence-electron chi connectivity index (χ3n) is 3.91. The van der Waals surface area contributed by atoms with E-state index in [1.807, 2.05) is 6.07 Å². The number of carbonyl (C=O) groups is 1. The highest BCUT2D eigenvalue weighted by Gasteiger charge is 2.35. The van der Waals surface area contributed by atoms with Gasteiger partial charge in [-0.3, -0.25) is 9.78 Å². The van der Waals surface area contributed by atoms with Gasteiger partial charge in [0.15, 0.2) is 0 Å². The number of pyridine rings is 1. The highest BCUT2D eigenvalue weighted by Crippen LogP contribution is 2.32. The predicted molar refractivity (Wildman–Crippen MR) is 79.4 cm³/mol. The van der Waals surface area contributed by atoms with Crippen LogP contribution >= 0.6 is 0 Å². The monoisotopic (exact) mass is 300 g/mol. The number of likely N-dealkylation sites (tertiary alicyclic amines) is 1.